The molecular weight excluding hydrogens is 179 g/mol. The van der Waals surface area contributed by atoms with Crippen LogP contribution in [-0.2, 0) is 14.3 Å². The summed E-state index contributed by atoms with van der Waals surface area (Å²) in [6.07, 6.45) is -0.735. The molecule has 0 amide bonds. The first kappa shape index (κ1) is 14.4. The molecule has 4 N–H and O–H groups in total. The van der Waals surface area contributed by atoms with Gasteiger partial charge in [0.05, 0.1) is 18.5 Å². The molecule has 0 fully saturated rings. The van der Waals surface area contributed by atoms with Gasteiger partial charge in [-0.25, -0.2) is 0 Å². The molecule has 63 valence electrons. The topological polar surface area (TPSA) is 95.4 Å². The van der Waals surface area contributed by atoms with Gasteiger partial charge in [0.1, 0.15) is 0 Å². The van der Waals surface area contributed by atoms with Crippen molar-refractivity contribution in [1.29, 1.82) is 0 Å². The zero-order valence-electron chi connectivity index (χ0n) is 6.78. The van der Waals surface area contributed by atoms with Gasteiger partial charge >= 0.3 is 0 Å². The first-order valence-electron chi connectivity index (χ1n) is 2.86. The van der Waals surface area contributed by atoms with Gasteiger partial charge in [-0.05, 0) is 6.92 Å². The third-order valence-electron chi connectivity index (χ3n) is 0.794. The van der Waals surface area contributed by atoms with Crippen molar-refractivity contribution in [3.63, 3.8) is 0 Å². The Morgan fingerprint density at radius 1 is 1.45 bits per heavy atom. The number of nitrogens with two attached hydrogens (primary N) is 2. The third-order valence-corrected chi connectivity index (χ3v) is 2.00. The van der Waals surface area contributed by atoms with E-state index in [1.807, 2.05) is 0 Å². The normalized spacial score (nSPS) is 11.3. The van der Waals surface area contributed by atoms with E-state index in [1.165, 1.54) is 6.92 Å². The maximum Gasteiger partial charge on any atom is 0.267 e. The predicted octanol–water partition coefficient (Wildman–Crippen LogP) is -1.78. The van der Waals surface area contributed by atoms with Crippen LogP contribution in [0.5, 0.6) is 0 Å². The SMILES string of the molecule is CCS(=O)(=O)OCC(N)N.[Na]. The maximum absolute atomic E-state index is 10.6. The molecule has 0 aromatic carbocycles. The van der Waals surface area contributed by atoms with Gasteiger partial charge in [0.25, 0.3) is 10.1 Å². The molecule has 0 saturated carbocycles. The minimum Gasteiger partial charge on any atom is -0.314 e. The molecule has 7 heteroatoms. The second-order valence-electron chi connectivity index (χ2n) is 1.79. The smallest absolute Gasteiger partial charge is 0.267 e. The van der Waals surface area contributed by atoms with E-state index in [0.717, 1.165) is 0 Å². The number of hydrogen-bond donors (Lipinski definition) is 2. The Hall–Kier alpha value is 0.830. The van der Waals surface area contributed by atoms with Crippen molar-refractivity contribution < 1.29 is 12.6 Å². The molecule has 0 bridgehead atoms. The van der Waals surface area contributed by atoms with E-state index in [4.69, 9.17) is 11.5 Å². The second-order valence-corrected chi connectivity index (χ2v) is 3.72. The van der Waals surface area contributed by atoms with Crippen LogP contribution >= 0.6 is 0 Å². The van der Waals surface area contributed by atoms with Crippen molar-refractivity contribution in [2.45, 2.75) is 13.1 Å². The zero-order valence-corrected chi connectivity index (χ0v) is 9.60. The number of hydrogen-bond acceptors (Lipinski definition) is 5. The minimum absolute atomic E-state index is 0. The summed E-state index contributed by atoms with van der Waals surface area (Å²) < 4.78 is 25.5. The van der Waals surface area contributed by atoms with E-state index in [9.17, 15) is 8.42 Å². The van der Waals surface area contributed by atoms with Crippen LogP contribution in [0.1, 0.15) is 6.92 Å². The van der Waals surface area contributed by atoms with E-state index in [-0.39, 0.29) is 41.9 Å². The first-order chi connectivity index (χ1) is 4.48. The van der Waals surface area contributed by atoms with Crippen LogP contribution in [0.25, 0.3) is 0 Å². The van der Waals surface area contributed by atoms with Crippen molar-refractivity contribution in [3.8, 4) is 0 Å². The molecule has 11 heavy (non-hydrogen) atoms. The fourth-order valence-electron chi connectivity index (χ4n) is 0.266. The van der Waals surface area contributed by atoms with Crippen LogP contribution in [0.15, 0.2) is 0 Å². The molecule has 0 aliphatic carbocycles. The predicted molar refractivity (Wildman–Crippen MR) is 43.3 cm³/mol. The summed E-state index contributed by atoms with van der Waals surface area (Å²) in [6, 6.07) is 0. The van der Waals surface area contributed by atoms with Crippen molar-refractivity contribution >= 4 is 39.7 Å². The van der Waals surface area contributed by atoms with Gasteiger partial charge in [0.15, 0.2) is 0 Å². The van der Waals surface area contributed by atoms with Crippen molar-refractivity contribution in [2.24, 2.45) is 11.5 Å². The summed E-state index contributed by atoms with van der Waals surface area (Å²) in [5.74, 6) is -0.0558. The van der Waals surface area contributed by atoms with Gasteiger partial charge in [-0.1, -0.05) is 0 Å². The van der Waals surface area contributed by atoms with E-state index < -0.39 is 16.3 Å². The summed E-state index contributed by atoms with van der Waals surface area (Å²) in [4.78, 5) is 0. The molecule has 0 rings (SSSR count). The van der Waals surface area contributed by atoms with Gasteiger partial charge in [0.2, 0.25) is 0 Å². The van der Waals surface area contributed by atoms with E-state index in [1.54, 1.807) is 0 Å². The van der Waals surface area contributed by atoms with Gasteiger partial charge in [-0.3, -0.25) is 4.18 Å². The first-order valence-corrected chi connectivity index (χ1v) is 4.44. The summed E-state index contributed by atoms with van der Waals surface area (Å²) in [7, 11) is -3.37. The Kier molecular flexibility index (Phi) is 8.30. The molecule has 1 radical (unpaired) electrons. The van der Waals surface area contributed by atoms with Crippen molar-refractivity contribution in [1.82, 2.24) is 0 Å². The standard InChI is InChI=1S/C4H12N2O3S.Na/c1-2-10(7,8)9-3-4(5)6;/h4H,2-3,5-6H2,1H3;. The van der Waals surface area contributed by atoms with Crippen molar-refractivity contribution in [3.05, 3.63) is 0 Å². The van der Waals surface area contributed by atoms with E-state index in [2.05, 4.69) is 4.18 Å². The molecule has 5 nitrogen and oxygen atoms in total. The van der Waals surface area contributed by atoms with E-state index in [0.29, 0.717) is 0 Å². The van der Waals surface area contributed by atoms with E-state index >= 15 is 0 Å². The Morgan fingerprint density at radius 3 is 2.18 bits per heavy atom. The Labute approximate surface area is 88.9 Å². The molecule has 0 spiro atoms. The Balaban J connectivity index is 0. The van der Waals surface area contributed by atoms with Gasteiger partial charge in [-0.15, -0.1) is 0 Å². The second kappa shape index (κ2) is 6.36. The van der Waals surface area contributed by atoms with Crippen LogP contribution in [0.3, 0.4) is 0 Å². The zero-order chi connectivity index (χ0) is 8.20. The molecule has 0 heterocycles. The quantitative estimate of drug-likeness (QED) is 0.311. The van der Waals surface area contributed by atoms with Crippen LogP contribution in [-0.4, -0.2) is 56.5 Å². The Bertz CT molecular complexity index is 180. The summed E-state index contributed by atoms with van der Waals surface area (Å²) in [5.41, 5.74) is 10.1. The largest absolute Gasteiger partial charge is 0.314 e. The fourth-order valence-corrected chi connectivity index (χ4v) is 0.797. The average Bonchev–Trinajstić information content (AvgIpc) is 1.85. The summed E-state index contributed by atoms with van der Waals surface area (Å²) in [5, 5.41) is 0. The Morgan fingerprint density at radius 2 is 1.91 bits per heavy atom. The minimum atomic E-state index is -3.37. The molecule has 0 aromatic rings. The van der Waals surface area contributed by atoms with Gasteiger partial charge in [-0.2, -0.15) is 8.42 Å². The molecule has 0 atom stereocenters. The molecule has 0 aliphatic rings. The molecular formula is C4H12N2NaO3S. The molecule has 0 saturated heterocycles. The summed E-state index contributed by atoms with van der Waals surface area (Å²) in [6.45, 7) is 1.33. The average molecular weight is 191 g/mol. The third kappa shape index (κ3) is 8.74. The van der Waals surface area contributed by atoms with Crippen LogP contribution < -0.4 is 11.5 Å². The van der Waals surface area contributed by atoms with Gasteiger partial charge in [0, 0.05) is 29.6 Å². The van der Waals surface area contributed by atoms with Crippen LogP contribution in [0.2, 0.25) is 0 Å². The molecule has 0 unspecified atom stereocenters. The summed E-state index contributed by atoms with van der Waals surface area (Å²) >= 11 is 0. The van der Waals surface area contributed by atoms with Crippen LogP contribution in [0, 0.1) is 0 Å². The van der Waals surface area contributed by atoms with Crippen LogP contribution in [0.4, 0.5) is 0 Å². The van der Waals surface area contributed by atoms with Gasteiger partial charge < -0.3 is 11.5 Å². The monoisotopic (exact) mass is 191 g/mol. The molecule has 0 aromatic heterocycles. The molecule has 0 aliphatic heterocycles. The number of rotatable bonds is 4. The van der Waals surface area contributed by atoms with Crippen molar-refractivity contribution in [2.75, 3.05) is 12.4 Å². The fraction of sp³-hybridized carbons (Fsp3) is 1.00. The maximum atomic E-state index is 10.6.